The molecule has 2 nitrogen and oxygen atoms in total. The second-order valence-electron chi connectivity index (χ2n) is 4.35. The van der Waals surface area contributed by atoms with Gasteiger partial charge in [-0.3, -0.25) is 0 Å². The van der Waals surface area contributed by atoms with E-state index in [2.05, 4.69) is 12.2 Å². The molecule has 0 amide bonds. The summed E-state index contributed by atoms with van der Waals surface area (Å²) >= 11 is 5.86. The minimum atomic E-state index is 0.151. The quantitative estimate of drug-likeness (QED) is 0.831. The van der Waals surface area contributed by atoms with E-state index in [0.717, 1.165) is 29.4 Å². The van der Waals surface area contributed by atoms with Crippen molar-refractivity contribution in [1.29, 1.82) is 0 Å². The number of anilines is 1. The molecule has 0 heterocycles. The SMILES string of the molecule is CCC(CNc1ccc(Cl)cc1)Oc1ccccc1. The molecule has 0 radical (unpaired) electrons. The minimum Gasteiger partial charge on any atom is -0.489 e. The van der Waals surface area contributed by atoms with Crippen LogP contribution >= 0.6 is 11.6 Å². The zero-order valence-corrected chi connectivity index (χ0v) is 11.7. The molecule has 2 aromatic rings. The highest BCUT2D eigenvalue weighted by atomic mass is 35.5. The molecule has 0 aliphatic carbocycles. The minimum absolute atomic E-state index is 0.151. The van der Waals surface area contributed by atoms with Gasteiger partial charge in [-0.25, -0.2) is 0 Å². The molecular formula is C16H18ClNO. The van der Waals surface area contributed by atoms with Crippen LogP contribution in [0.15, 0.2) is 54.6 Å². The Morgan fingerprint density at radius 2 is 1.74 bits per heavy atom. The highest BCUT2D eigenvalue weighted by Gasteiger charge is 2.07. The van der Waals surface area contributed by atoms with Gasteiger partial charge >= 0.3 is 0 Å². The van der Waals surface area contributed by atoms with Crippen LogP contribution < -0.4 is 10.1 Å². The van der Waals surface area contributed by atoms with Crippen molar-refractivity contribution in [1.82, 2.24) is 0 Å². The number of nitrogens with one attached hydrogen (secondary N) is 1. The van der Waals surface area contributed by atoms with Crippen LogP contribution in [0.2, 0.25) is 5.02 Å². The van der Waals surface area contributed by atoms with Gasteiger partial charge in [-0.15, -0.1) is 0 Å². The molecule has 1 unspecified atom stereocenters. The molecular weight excluding hydrogens is 258 g/mol. The van der Waals surface area contributed by atoms with Crippen molar-refractivity contribution >= 4 is 17.3 Å². The van der Waals surface area contributed by atoms with E-state index in [1.807, 2.05) is 54.6 Å². The molecule has 2 rings (SSSR count). The first-order chi connectivity index (χ1) is 9.28. The van der Waals surface area contributed by atoms with Crippen LogP contribution in [0.25, 0.3) is 0 Å². The van der Waals surface area contributed by atoms with E-state index >= 15 is 0 Å². The van der Waals surface area contributed by atoms with Crippen molar-refractivity contribution in [2.24, 2.45) is 0 Å². The first kappa shape index (κ1) is 13.8. The Balaban J connectivity index is 1.87. The second-order valence-corrected chi connectivity index (χ2v) is 4.79. The maximum atomic E-state index is 5.92. The maximum Gasteiger partial charge on any atom is 0.119 e. The molecule has 0 aromatic heterocycles. The Morgan fingerprint density at radius 3 is 2.37 bits per heavy atom. The largest absolute Gasteiger partial charge is 0.489 e. The molecule has 19 heavy (non-hydrogen) atoms. The Morgan fingerprint density at radius 1 is 1.05 bits per heavy atom. The van der Waals surface area contributed by atoms with Crippen molar-refractivity contribution in [3.05, 3.63) is 59.6 Å². The third-order valence-electron chi connectivity index (χ3n) is 2.88. The summed E-state index contributed by atoms with van der Waals surface area (Å²) in [5.74, 6) is 0.909. The van der Waals surface area contributed by atoms with E-state index < -0.39 is 0 Å². The van der Waals surface area contributed by atoms with Crippen LogP contribution in [0.3, 0.4) is 0 Å². The van der Waals surface area contributed by atoms with Gasteiger partial charge in [0.05, 0.1) is 6.54 Å². The standard InChI is InChI=1S/C16H18ClNO/c1-2-15(19-16-6-4-3-5-7-16)12-18-14-10-8-13(17)9-11-14/h3-11,15,18H,2,12H2,1H3. The van der Waals surface area contributed by atoms with Crippen molar-refractivity contribution in [3.63, 3.8) is 0 Å². The summed E-state index contributed by atoms with van der Waals surface area (Å²) in [4.78, 5) is 0. The predicted molar refractivity (Wildman–Crippen MR) is 81.1 cm³/mol. The summed E-state index contributed by atoms with van der Waals surface area (Å²) in [5, 5.41) is 4.11. The summed E-state index contributed by atoms with van der Waals surface area (Å²) in [6, 6.07) is 17.6. The molecule has 3 heteroatoms. The molecule has 0 saturated carbocycles. The fourth-order valence-electron chi connectivity index (χ4n) is 1.76. The summed E-state index contributed by atoms with van der Waals surface area (Å²) in [7, 11) is 0. The van der Waals surface area contributed by atoms with E-state index in [1.54, 1.807) is 0 Å². The zero-order valence-electron chi connectivity index (χ0n) is 11.0. The lowest BCUT2D eigenvalue weighted by atomic mass is 10.2. The van der Waals surface area contributed by atoms with E-state index in [1.165, 1.54) is 0 Å². The molecule has 0 spiro atoms. The molecule has 0 aliphatic heterocycles. The summed E-state index contributed by atoms with van der Waals surface area (Å²) in [6.45, 7) is 2.89. The van der Waals surface area contributed by atoms with Gasteiger partial charge in [0, 0.05) is 10.7 Å². The maximum absolute atomic E-state index is 5.92. The molecule has 1 N–H and O–H groups in total. The van der Waals surface area contributed by atoms with Gasteiger partial charge in [0.25, 0.3) is 0 Å². The fraction of sp³-hybridized carbons (Fsp3) is 0.250. The zero-order chi connectivity index (χ0) is 13.5. The number of ether oxygens (including phenoxy) is 1. The van der Waals surface area contributed by atoms with Crippen molar-refractivity contribution < 1.29 is 4.74 Å². The van der Waals surface area contributed by atoms with Crippen LogP contribution in [0.1, 0.15) is 13.3 Å². The molecule has 1 atom stereocenters. The highest BCUT2D eigenvalue weighted by Crippen LogP contribution is 2.15. The van der Waals surface area contributed by atoms with E-state index in [-0.39, 0.29) is 6.10 Å². The number of hydrogen-bond acceptors (Lipinski definition) is 2. The van der Waals surface area contributed by atoms with Gasteiger partial charge in [0.1, 0.15) is 11.9 Å². The molecule has 2 aromatic carbocycles. The lowest BCUT2D eigenvalue weighted by molar-refractivity contribution is 0.210. The first-order valence-corrected chi connectivity index (χ1v) is 6.87. The smallest absolute Gasteiger partial charge is 0.119 e. The summed E-state index contributed by atoms with van der Waals surface area (Å²) in [6.07, 6.45) is 1.10. The second kappa shape index (κ2) is 7.05. The Labute approximate surface area is 119 Å². The number of rotatable bonds is 6. The van der Waals surface area contributed by atoms with Gasteiger partial charge in [0.2, 0.25) is 0 Å². The topological polar surface area (TPSA) is 21.3 Å². The third-order valence-corrected chi connectivity index (χ3v) is 3.13. The number of benzene rings is 2. The first-order valence-electron chi connectivity index (χ1n) is 6.49. The molecule has 0 aliphatic rings. The number of halogens is 1. The van der Waals surface area contributed by atoms with Crippen LogP contribution in [-0.2, 0) is 0 Å². The Kier molecular flexibility index (Phi) is 5.10. The average Bonchev–Trinajstić information content (AvgIpc) is 2.46. The Bertz CT molecular complexity index is 484. The number of hydrogen-bond donors (Lipinski definition) is 1. The van der Waals surface area contributed by atoms with E-state index in [4.69, 9.17) is 16.3 Å². The van der Waals surface area contributed by atoms with Crippen molar-refractivity contribution in [3.8, 4) is 5.75 Å². The van der Waals surface area contributed by atoms with Crippen LogP contribution in [0.4, 0.5) is 5.69 Å². The molecule has 0 fully saturated rings. The van der Waals surface area contributed by atoms with Gasteiger partial charge in [-0.1, -0.05) is 36.7 Å². The third kappa shape index (κ3) is 4.49. The van der Waals surface area contributed by atoms with Gasteiger partial charge in [-0.05, 0) is 42.8 Å². The van der Waals surface area contributed by atoms with E-state index in [9.17, 15) is 0 Å². The highest BCUT2D eigenvalue weighted by molar-refractivity contribution is 6.30. The number of para-hydroxylation sites is 1. The normalized spacial score (nSPS) is 11.9. The Hall–Kier alpha value is -1.67. The lowest BCUT2D eigenvalue weighted by Crippen LogP contribution is -2.25. The van der Waals surface area contributed by atoms with Crippen LogP contribution in [0, 0.1) is 0 Å². The van der Waals surface area contributed by atoms with Gasteiger partial charge < -0.3 is 10.1 Å². The van der Waals surface area contributed by atoms with Gasteiger partial charge in [0.15, 0.2) is 0 Å². The monoisotopic (exact) mass is 275 g/mol. The van der Waals surface area contributed by atoms with Crippen LogP contribution in [0.5, 0.6) is 5.75 Å². The lowest BCUT2D eigenvalue weighted by Gasteiger charge is -2.18. The van der Waals surface area contributed by atoms with Gasteiger partial charge in [-0.2, -0.15) is 0 Å². The van der Waals surface area contributed by atoms with Crippen molar-refractivity contribution in [2.75, 3.05) is 11.9 Å². The van der Waals surface area contributed by atoms with Crippen LogP contribution in [-0.4, -0.2) is 12.6 Å². The van der Waals surface area contributed by atoms with Crippen molar-refractivity contribution in [2.45, 2.75) is 19.4 Å². The fourth-order valence-corrected chi connectivity index (χ4v) is 1.89. The predicted octanol–water partition coefficient (Wildman–Crippen LogP) is 4.61. The average molecular weight is 276 g/mol. The molecule has 0 saturated heterocycles. The summed E-state index contributed by atoms with van der Waals surface area (Å²) in [5.41, 5.74) is 1.06. The summed E-state index contributed by atoms with van der Waals surface area (Å²) < 4.78 is 5.92. The molecule has 100 valence electrons. The van der Waals surface area contributed by atoms with E-state index in [0.29, 0.717) is 0 Å². The molecule has 0 bridgehead atoms.